The second-order valence-corrected chi connectivity index (χ2v) is 11.0. The van der Waals surface area contributed by atoms with Crippen molar-refractivity contribution < 1.29 is 17.6 Å². The number of carbonyl (C=O) groups excluding carboxylic acids is 1. The Balaban J connectivity index is 1.73. The number of amides is 1. The highest BCUT2D eigenvalue weighted by molar-refractivity contribution is 7.89. The van der Waals surface area contributed by atoms with Crippen LogP contribution >= 0.6 is 0 Å². The Morgan fingerprint density at radius 1 is 1.18 bits per heavy atom. The number of nitrogens with two attached hydrogens (primary N) is 1. The van der Waals surface area contributed by atoms with Gasteiger partial charge >= 0.3 is 0 Å². The molecule has 2 heterocycles. The fraction of sp³-hybridized carbons (Fsp3) is 0.400. The molecule has 1 saturated heterocycles. The van der Waals surface area contributed by atoms with E-state index in [-0.39, 0.29) is 17.5 Å². The smallest absolute Gasteiger partial charge is 0.250 e. The summed E-state index contributed by atoms with van der Waals surface area (Å²) in [6.07, 6.45) is 3.30. The van der Waals surface area contributed by atoms with Crippen LogP contribution in [0.25, 0.3) is 22.0 Å². The van der Waals surface area contributed by atoms with Gasteiger partial charge in [-0.25, -0.2) is 17.1 Å². The van der Waals surface area contributed by atoms with Crippen molar-refractivity contribution in [1.82, 2.24) is 14.6 Å². The summed E-state index contributed by atoms with van der Waals surface area (Å²) in [6, 6.07) is 8.69. The number of carbonyl (C=O) groups is 1. The van der Waals surface area contributed by atoms with Crippen LogP contribution in [0.15, 0.2) is 36.5 Å². The highest BCUT2D eigenvalue weighted by atomic mass is 32.2. The summed E-state index contributed by atoms with van der Waals surface area (Å²) in [5, 5.41) is 4.03. The van der Waals surface area contributed by atoms with Crippen molar-refractivity contribution in [2.24, 2.45) is 5.73 Å². The van der Waals surface area contributed by atoms with E-state index in [1.165, 1.54) is 6.07 Å². The van der Waals surface area contributed by atoms with Crippen molar-refractivity contribution in [2.75, 3.05) is 25.4 Å². The van der Waals surface area contributed by atoms with E-state index in [2.05, 4.69) is 10.3 Å². The Morgan fingerprint density at radius 3 is 2.56 bits per heavy atom. The monoisotopic (exact) mass is 486 g/mol. The summed E-state index contributed by atoms with van der Waals surface area (Å²) in [4.78, 5) is 15.5. The number of fused-ring (bicyclic) bond motifs is 1. The molecule has 0 atom stereocenters. The van der Waals surface area contributed by atoms with Crippen LogP contribution in [0.3, 0.4) is 0 Å². The SMILES string of the molecule is CCNCc1cc(-c2cc(C(N)=O)c3[nH]cc(C4CCN(S(=O)(=O)CC)CC4)c3c2)ccc1F. The molecule has 0 spiro atoms. The highest BCUT2D eigenvalue weighted by Gasteiger charge is 2.29. The molecule has 1 fully saturated rings. The van der Waals surface area contributed by atoms with Crippen molar-refractivity contribution in [1.29, 1.82) is 0 Å². The normalized spacial score (nSPS) is 15.7. The lowest BCUT2D eigenvalue weighted by Gasteiger charge is -2.31. The molecule has 1 aliphatic rings. The molecule has 0 bridgehead atoms. The van der Waals surface area contributed by atoms with Crippen molar-refractivity contribution in [3.8, 4) is 11.1 Å². The number of rotatable bonds is 8. The first-order valence-corrected chi connectivity index (χ1v) is 13.3. The molecule has 0 saturated carbocycles. The van der Waals surface area contributed by atoms with Gasteiger partial charge in [-0.2, -0.15) is 0 Å². The molecule has 1 aromatic heterocycles. The van der Waals surface area contributed by atoms with Crippen LogP contribution in [0.2, 0.25) is 0 Å². The van der Waals surface area contributed by atoms with Crippen LogP contribution in [0.1, 0.15) is 54.1 Å². The second kappa shape index (κ2) is 9.85. The van der Waals surface area contributed by atoms with E-state index >= 15 is 0 Å². The van der Waals surface area contributed by atoms with Crippen molar-refractivity contribution in [3.63, 3.8) is 0 Å². The maximum absolute atomic E-state index is 14.3. The molecular weight excluding hydrogens is 455 g/mol. The number of primary amides is 1. The van der Waals surface area contributed by atoms with Crippen LogP contribution in [-0.2, 0) is 16.6 Å². The van der Waals surface area contributed by atoms with Gasteiger partial charge in [0.25, 0.3) is 5.91 Å². The molecular formula is C25H31FN4O3S. The first-order chi connectivity index (χ1) is 16.2. The Kier molecular flexibility index (Phi) is 7.06. The first-order valence-electron chi connectivity index (χ1n) is 11.7. The lowest BCUT2D eigenvalue weighted by molar-refractivity contribution is 0.100. The predicted molar refractivity (Wildman–Crippen MR) is 133 cm³/mol. The Morgan fingerprint density at radius 2 is 1.91 bits per heavy atom. The molecule has 0 unspecified atom stereocenters. The number of nitrogens with one attached hydrogen (secondary N) is 2. The molecule has 1 amide bonds. The number of hydrogen-bond donors (Lipinski definition) is 3. The van der Waals surface area contributed by atoms with Gasteiger partial charge < -0.3 is 16.0 Å². The van der Waals surface area contributed by atoms with E-state index in [0.717, 1.165) is 28.6 Å². The average molecular weight is 487 g/mol. The third kappa shape index (κ3) is 4.73. The van der Waals surface area contributed by atoms with E-state index in [0.29, 0.717) is 49.1 Å². The van der Waals surface area contributed by atoms with Gasteiger partial charge in [0, 0.05) is 36.8 Å². The molecule has 182 valence electrons. The van der Waals surface area contributed by atoms with Gasteiger partial charge in [0.15, 0.2) is 0 Å². The Bertz CT molecular complexity index is 1310. The van der Waals surface area contributed by atoms with Gasteiger partial charge in [0.05, 0.1) is 16.8 Å². The third-order valence-corrected chi connectivity index (χ3v) is 8.56. The number of sulfonamides is 1. The minimum Gasteiger partial charge on any atom is -0.366 e. The van der Waals surface area contributed by atoms with Gasteiger partial charge in [0.2, 0.25) is 10.0 Å². The molecule has 7 nitrogen and oxygen atoms in total. The van der Waals surface area contributed by atoms with E-state index < -0.39 is 15.9 Å². The van der Waals surface area contributed by atoms with Gasteiger partial charge in [-0.3, -0.25) is 4.79 Å². The summed E-state index contributed by atoms with van der Waals surface area (Å²) in [5.74, 6) is -0.564. The number of piperidine rings is 1. The maximum Gasteiger partial charge on any atom is 0.250 e. The number of aromatic amines is 1. The van der Waals surface area contributed by atoms with E-state index in [4.69, 9.17) is 5.73 Å². The summed E-state index contributed by atoms with van der Waals surface area (Å²) in [7, 11) is -3.20. The molecule has 0 aliphatic carbocycles. The third-order valence-electron chi connectivity index (χ3n) is 6.68. The number of halogens is 1. The van der Waals surface area contributed by atoms with Crippen LogP contribution in [0, 0.1) is 5.82 Å². The minimum absolute atomic E-state index is 0.101. The van der Waals surface area contributed by atoms with Gasteiger partial charge in [-0.05, 0) is 73.2 Å². The lowest BCUT2D eigenvalue weighted by atomic mass is 9.88. The average Bonchev–Trinajstić information content (AvgIpc) is 3.27. The standard InChI is InChI=1S/C25H31FN4O3S/c1-3-28-14-19-11-17(5-6-23(19)26)18-12-20-22(15-29-24(20)21(13-18)25(27)31)16-7-9-30(10-8-16)34(32,33)4-2/h5-6,11-13,15-16,28-29H,3-4,7-10,14H2,1-2H3,(H2,27,31). The largest absolute Gasteiger partial charge is 0.366 e. The molecule has 0 radical (unpaired) electrons. The molecule has 9 heteroatoms. The first kappa shape index (κ1) is 24.4. The van der Waals surface area contributed by atoms with Crippen molar-refractivity contribution in [2.45, 2.75) is 39.2 Å². The number of benzene rings is 2. The van der Waals surface area contributed by atoms with Crippen LogP contribution in [0.5, 0.6) is 0 Å². The number of aromatic nitrogens is 1. The summed E-state index contributed by atoms with van der Waals surface area (Å²) < 4.78 is 40.3. The number of hydrogen-bond acceptors (Lipinski definition) is 4. The molecule has 3 aromatic rings. The molecule has 1 aliphatic heterocycles. The summed E-state index contributed by atoms with van der Waals surface area (Å²) in [6.45, 7) is 5.71. The minimum atomic E-state index is -3.20. The van der Waals surface area contributed by atoms with E-state index in [1.807, 2.05) is 19.2 Å². The zero-order valence-corrected chi connectivity index (χ0v) is 20.3. The van der Waals surface area contributed by atoms with E-state index in [9.17, 15) is 17.6 Å². The fourth-order valence-corrected chi connectivity index (χ4v) is 5.86. The topological polar surface area (TPSA) is 108 Å². The van der Waals surface area contributed by atoms with Gasteiger partial charge in [-0.1, -0.05) is 13.0 Å². The molecule has 34 heavy (non-hydrogen) atoms. The summed E-state index contributed by atoms with van der Waals surface area (Å²) in [5.41, 5.74) is 9.94. The Labute approximate surface area is 199 Å². The van der Waals surface area contributed by atoms with Crippen LogP contribution in [0.4, 0.5) is 4.39 Å². The van der Waals surface area contributed by atoms with Gasteiger partial charge in [0.1, 0.15) is 5.82 Å². The molecule has 4 rings (SSSR count). The predicted octanol–water partition coefficient (Wildman–Crippen LogP) is 3.71. The zero-order chi connectivity index (χ0) is 24.5. The van der Waals surface area contributed by atoms with Gasteiger partial charge in [-0.15, -0.1) is 0 Å². The molecule has 2 aromatic carbocycles. The van der Waals surface area contributed by atoms with Crippen molar-refractivity contribution in [3.05, 3.63) is 59.0 Å². The fourth-order valence-electron chi connectivity index (χ4n) is 4.73. The highest BCUT2D eigenvalue weighted by Crippen LogP contribution is 2.37. The number of nitrogens with zero attached hydrogens (tertiary/aromatic N) is 1. The summed E-state index contributed by atoms with van der Waals surface area (Å²) >= 11 is 0. The zero-order valence-electron chi connectivity index (χ0n) is 19.5. The maximum atomic E-state index is 14.3. The van der Waals surface area contributed by atoms with Crippen LogP contribution in [-0.4, -0.2) is 49.0 Å². The van der Waals surface area contributed by atoms with Crippen molar-refractivity contribution >= 4 is 26.8 Å². The van der Waals surface area contributed by atoms with Crippen LogP contribution < -0.4 is 11.1 Å². The number of H-pyrrole nitrogens is 1. The lowest BCUT2D eigenvalue weighted by Crippen LogP contribution is -2.38. The Hall–Kier alpha value is -2.75. The second-order valence-electron chi connectivity index (χ2n) is 8.72. The molecule has 4 N–H and O–H groups in total. The van der Waals surface area contributed by atoms with E-state index in [1.54, 1.807) is 29.4 Å². The quantitative estimate of drug-likeness (QED) is 0.451.